The monoisotopic (exact) mass is 901 g/mol. The molecule has 2 aliphatic rings. The van der Waals surface area contributed by atoms with Gasteiger partial charge in [0.05, 0.1) is 40.9 Å². The number of halogens is 2. The number of hydrogen-bond donors (Lipinski definition) is 4. The third kappa shape index (κ3) is 8.42. The van der Waals surface area contributed by atoms with Gasteiger partial charge >= 0.3 is 11.8 Å². The number of amides is 4. The van der Waals surface area contributed by atoms with Crippen LogP contribution in [0.2, 0.25) is 0 Å². The lowest BCUT2D eigenvalue weighted by Gasteiger charge is -2.42. The van der Waals surface area contributed by atoms with Crippen LogP contribution in [0, 0.1) is 0 Å². The zero-order valence-corrected chi connectivity index (χ0v) is 35.7. The minimum Gasteiger partial charge on any atom is -0.445 e. The van der Waals surface area contributed by atoms with Gasteiger partial charge in [-0.05, 0) is 72.4 Å². The topological polar surface area (TPSA) is 193 Å². The molecule has 1 saturated carbocycles. The highest BCUT2D eigenvalue weighted by molar-refractivity contribution is 6.07. The summed E-state index contributed by atoms with van der Waals surface area (Å²) in [5.41, 5.74) is 6.29. The molecule has 1 aliphatic heterocycles. The van der Waals surface area contributed by atoms with Gasteiger partial charge in [-0.3, -0.25) is 19.4 Å². The van der Waals surface area contributed by atoms with Crippen LogP contribution in [-0.2, 0) is 26.5 Å². The van der Waals surface area contributed by atoms with E-state index in [0.29, 0.717) is 40.5 Å². The van der Waals surface area contributed by atoms with E-state index in [9.17, 15) is 32.8 Å². The highest BCUT2D eigenvalue weighted by atomic mass is 19.3. The number of ether oxygens (including phenoxy) is 1. The van der Waals surface area contributed by atoms with E-state index in [-0.39, 0.29) is 23.5 Å². The van der Waals surface area contributed by atoms with Crippen LogP contribution in [0.3, 0.4) is 0 Å². The quantitative estimate of drug-likeness (QED) is 0.103. The lowest BCUT2D eigenvalue weighted by molar-refractivity contribution is -0.136. The average Bonchev–Trinajstić information content (AvgIpc) is 3.89. The fourth-order valence-electron chi connectivity index (χ4n) is 8.88. The van der Waals surface area contributed by atoms with Crippen LogP contribution in [0.25, 0.3) is 49.8 Å². The summed E-state index contributed by atoms with van der Waals surface area (Å²) in [6.07, 6.45) is 3.97. The maximum atomic E-state index is 14.7. The van der Waals surface area contributed by atoms with Crippen molar-refractivity contribution in [1.82, 2.24) is 40.1 Å². The molecule has 2 fully saturated rings. The van der Waals surface area contributed by atoms with E-state index < -0.39 is 60.8 Å². The van der Waals surface area contributed by atoms with Crippen molar-refractivity contribution in [2.75, 3.05) is 18.4 Å². The van der Waals surface area contributed by atoms with Crippen molar-refractivity contribution >= 4 is 57.0 Å². The van der Waals surface area contributed by atoms with Crippen molar-refractivity contribution in [3.63, 3.8) is 0 Å². The fraction of sp³-hybridized carbons (Fsp3) is 0.200. The van der Waals surface area contributed by atoms with Crippen LogP contribution in [0.1, 0.15) is 47.2 Å². The zero-order chi connectivity index (χ0) is 46.3. The SMILES string of the molecule is O=C(NC1(c2ccc(-c3nc4ccn5c(=O)[nH]nc5c4cc3-c3ccccc3)cc2)CCC1)OCc1ccc(NC(=O)[C@@H]2CC(F)(F)CN2C(=O)CNC(=O)c2ccnc3ccccc23)cc1. The maximum absolute atomic E-state index is 14.7. The normalized spacial score (nSPS) is 16.1. The number of rotatable bonds is 11. The van der Waals surface area contributed by atoms with E-state index in [4.69, 9.17) is 9.72 Å². The van der Waals surface area contributed by atoms with Crippen LogP contribution < -0.4 is 21.6 Å². The van der Waals surface area contributed by atoms with Gasteiger partial charge in [0.2, 0.25) is 11.8 Å². The highest BCUT2D eigenvalue weighted by Crippen LogP contribution is 2.43. The Morgan fingerprint density at radius 2 is 1.60 bits per heavy atom. The van der Waals surface area contributed by atoms with Crippen molar-refractivity contribution in [3.05, 3.63) is 161 Å². The van der Waals surface area contributed by atoms with Crippen LogP contribution in [0.15, 0.2) is 139 Å². The molecule has 0 radical (unpaired) electrons. The molecule has 67 heavy (non-hydrogen) atoms. The van der Waals surface area contributed by atoms with E-state index in [2.05, 4.69) is 31.1 Å². The third-order valence-electron chi connectivity index (χ3n) is 12.5. The third-order valence-corrected chi connectivity index (χ3v) is 12.5. The molecular weight excluding hydrogens is 861 g/mol. The zero-order valence-electron chi connectivity index (χ0n) is 35.7. The molecule has 8 aromatic rings. The first-order chi connectivity index (χ1) is 32.4. The number of benzene rings is 4. The van der Waals surface area contributed by atoms with E-state index >= 15 is 0 Å². The Hall–Kier alpha value is -8.34. The molecule has 15 nitrogen and oxygen atoms in total. The van der Waals surface area contributed by atoms with Crippen LogP contribution >= 0.6 is 0 Å². The van der Waals surface area contributed by atoms with Gasteiger partial charge in [-0.1, -0.05) is 84.9 Å². The van der Waals surface area contributed by atoms with Crippen LogP contribution in [0.5, 0.6) is 0 Å². The molecule has 0 unspecified atom stereocenters. The number of fused-ring (bicyclic) bond motifs is 4. The number of aromatic nitrogens is 5. The molecule has 0 spiro atoms. The second kappa shape index (κ2) is 17.2. The van der Waals surface area contributed by atoms with E-state index in [1.807, 2.05) is 60.7 Å². The summed E-state index contributed by atoms with van der Waals surface area (Å²) in [5, 5.41) is 16.2. The second-order valence-electron chi connectivity index (χ2n) is 16.8. The molecule has 1 atom stereocenters. The molecule has 1 saturated heterocycles. The van der Waals surface area contributed by atoms with Gasteiger partial charge in [-0.15, -0.1) is 0 Å². The first kappa shape index (κ1) is 42.6. The maximum Gasteiger partial charge on any atom is 0.408 e. The van der Waals surface area contributed by atoms with Crippen LogP contribution in [-0.4, -0.2) is 78.3 Å². The molecule has 4 N–H and O–H groups in total. The molecule has 1 aliphatic carbocycles. The molecule has 10 rings (SSSR count). The molecule has 4 amide bonds. The number of H-pyrrole nitrogens is 1. The predicted octanol–water partition coefficient (Wildman–Crippen LogP) is 7.36. The first-order valence-electron chi connectivity index (χ1n) is 21.6. The van der Waals surface area contributed by atoms with Gasteiger partial charge in [0, 0.05) is 46.4 Å². The number of alkyl carbamates (subject to hydrolysis) is 1. The second-order valence-corrected chi connectivity index (χ2v) is 16.8. The number of para-hydroxylation sites is 1. The summed E-state index contributed by atoms with van der Waals surface area (Å²) in [7, 11) is 0. The van der Waals surface area contributed by atoms with E-state index in [1.165, 1.54) is 16.7 Å². The van der Waals surface area contributed by atoms with Crippen molar-refractivity contribution in [2.24, 2.45) is 0 Å². The smallest absolute Gasteiger partial charge is 0.408 e. The Kier molecular flexibility index (Phi) is 11.0. The average molecular weight is 902 g/mol. The number of aromatic amines is 1. The number of likely N-dealkylation sites (tertiary alicyclic amines) is 1. The number of alkyl halides is 2. The molecule has 336 valence electrons. The first-order valence-corrected chi connectivity index (χ1v) is 21.6. The number of carbonyl (C=O) groups is 4. The van der Waals surface area contributed by atoms with Crippen molar-refractivity contribution < 1.29 is 32.7 Å². The summed E-state index contributed by atoms with van der Waals surface area (Å²) in [4.78, 5) is 75.1. The van der Waals surface area contributed by atoms with Gasteiger partial charge in [0.25, 0.3) is 11.8 Å². The Morgan fingerprint density at radius 1 is 0.836 bits per heavy atom. The van der Waals surface area contributed by atoms with Crippen molar-refractivity contribution in [3.8, 4) is 22.4 Å². The number of carbonyl (C=O) groups excluding carboxylic acids is 4. The van der Waals surface area contributed by atoms with Gasteiger partial charge < -0.3 is 25.6 Å². The van der Waals surface area contributed by atoms with Gasteiger partial charge in [0.1, 0.15) is 12.6 Å². The Labute approximate surface area is 380 Å². The number of nitrogens with one attached hydrogen (secondary N) is 4. The number of hydrogen-bond acceptors (Lipinski definition) is 9. The predicted molar refractivity (Wildman–Crippen MR) is 245 cm³/mol. The Balaban J connectivity index is 0.762. The van der Waals surface area contributed by atoms with E-state index in [0.717, 1.165) is 44.7 Å². The lowest BCUT2D eigenvalue weighted by atomic mass is 9.71. The summed E-state index contributed by atoms with van der Waals surface area (Å²) in [6, 6.07) is 35.0. The standard InChI is InChI=1S/C50H41F2N9O6/c51-50(52)26-41(61(29-50)42(62)27-54-45(63)36-19-23-53-39-10-5-4-9-35(36)39)46(64)55-34-17-11-30(12-18-34)28-67-48(66)57-49(21-6-22-49)33-15-13-32(14-16-33)43-37(31-7-2-1-3-8-31)25-38-40(56-43)20-24-60-44(38)58-59-47(60)65/h1-5,7-20,23-25,41H,6,21-22,26-29H2,(H,54,63)(H,55,64)(H,57,66)(H,59,65)/t41-/m0/s1. The van der Waals surface area contributed by atoms with Crippen molar-refractivity contribution in [1.29, 1.82) is 0 Å². The van der Waals surface area contributed by atoms with Gasteiger partial charge in [0.15, 0.2) is 5.65 Å². The highest BCUT2D eigenvalue weighted by Gasteiger charge is 2.50. The molecule has 17 heteroatoms. The van der Waals surface area contributed by atoms with Gasteiger partial charge in [-0.2, -0.15) is 5.10 Å². The summed E-state index contributed by atoms with van der Waals surface area (Å²) < 4.78 is 36.4. The molecular formula is C50H41F2N9O6. The fourth-order valence-corrected chi connectivity index (χ4v) is 8.88. The molecule has 0 bridgehead atoms. The molecule has 4 aromatic heterocycles. The molecule has 4 aromatic carbocycles. The summed E-state index contributed by atoms with van der Waals surface area (Å²) >= 11 is 0. The molecule has 5 heterocycles. The Bertz CT molecular complexity index is 3280. The van der Waals surface area contributed by atoms with Crippen molar-refractivity contribution in [2.45, 2.75) is 49.8 Å². The van der Waals surface area contributed by atoms with Gasteiger partial charge in [-0.25, -0.2) is 32.9 Å². The minimum absolute atomic E-state index is 0.0810. The Morgan fingerprint density at radius 3 is 2.36 bits per heavy atom. The number of nitrogens with zero attached hydrogens (tertiary/aromatic N) is 5. The lowest BCUT2D eigenvalue weighted by Crippen LogP contribution is -2.50. The minimum atomic E-state index is -3.31. The summed E-state index contributed by atoms with van der Waals surface area (Å²) in [5.74, 6) is -5.53. The summed E-state index contributed by atoms with van der Waals surface area (Å²) in [6.45, 7) is -1.64. The number of pyridine rings is 3. The number of anilines is 1. The van der Waals surface area contributed by atoms with Crippen LogP contribution in [0.4, 0.5) is 19.3 Å². The van der Waals surface area contributed by atoms with E-state index in [1.54, 1.807) is 60.8 Å². The largest absolute Gasteiger partial charge is 0.445 e.